The number of unbranched alkanes of at least 4 members (excludes halogenated alkanes) is 4. The first-order valence-electron chi connectivity index (χ1n) is 11.5. The van der Waals surface area contributed by atoms with Crippen molar-refractivity contribution >= 4 is 41.1 Å². The molecule has 2 aliphatic rings. The van der Waals surface area contributed by atoms with E-state index in [0.29, 0.717) is 32.8 Å². The van der Waals surface area contributed by atoms with Gasteiger partial charge in [-0.1, -0.05) is 26.2 Å². The Morgan fingerprint density at radius 3 is 2.45 bits per heavy atom. The van der Waals surface area contributed by atoms with Gasteiger partial charge in [0.05, 0.1) is 31.7 Å². The van der Waals surface area contributed by atoms with E-state index in [2.05, 4.69) is 17.6 Å². The number of ether oxygens (including phenoxy) is 2. The van der Waals surface area contributed by atoms with E-state index in [0.717, 1.165) is 56.1 Å². The molecule has 2 heterocycles. The Kier molecular flexibility index (Phi) is 17.0. The van der Waals surface area contributed by atoms with Crippen LogP contribution in [0.1, 0.15) is 58.3 Å². The highest BCUT2D eigenvalue weighted by atomic mass is 35.5. The van der Waals surface area contributed by atoms with Gasteiger partial charge in [0.15, 0.2) is 0 Å². The van der Waals surface area contributed by atoms with Crippen LogP contribution in [-0.4, -0.2) is 68.1 Å². The van der Waals surface area contributed by atoms with Crippen LogP contribution in [0.25, 0.3) is 0 Å². The fourth-order valence-electron chi connectivity index (χ4n) is 3.28. The number of hydrogen-bond donors (Lipinski definition) is 2. The normalized spacial score (nSPS) is 19.9. The smallest absolute Gasteiger partial charge is 0.231 e. The molecule has 7 nitrogen and oxygen atoms in total. The number of thioether (sulfide) groups is 1. The van der Waals surface area contributed by atoms with Gasteiger partial charge in [-0.15, -0.1) is 11.6 Å². The lowest BCUT2D eigenvalue weighted by atomic mass is 9.94. The molecule has 31 heavy (non-hydrogen) atoms. The molecule has 0 bridgehead atoms. The molecule has 2 N–H and O–H groups in total. The highest BCUT2D eigenvalue weighted by Gasteiger charge is 2.42. The molecule has 0 spiro atoms. The number of alkyl halides is 1. The minimum Gasteiger partial charge on any atom is -0.379 e. The van der Waals surface area contributed by atoms with Crippen molar-refractivity contribution in [1.82, 2.24) is 10.6 Å². The molecule has 0 aromatic carbocycles. The van der Waals surface area contributed by atoms with Gasteiger partial charge < -0.3 is 14.8 Å². The first kappa shape index (κ1) is 28.2. The summed E-state index contributed by atoms with van der Waals surface area (Å²) in [7, 11) is 0. The maximum atomic E-state index is 11.3. The lowest BCUT2D eigenvalue weighted by molar-refractivity contribution is -0.126. The van der Waals surface area contributed by atoms with Gasteiger partial charge in [0.1, 0.15) is 0 Å². The SMILES string of the molecule is CCCCC(=O)NCCOCCOCCCCCCCl.O=C1NC(=O)C2CSCCC12. The topological polar surface area (TPSA) is 93.7 Å². The van der Waals surface area contributed by atoms with E-state index in [1.54, 1.807) is 11.8 Å². The Bertz CT molecular complexity index is 502. The van der Waals surface area contributed by atoms with Crippen LogP contribution >= 0.6 is 23.4 Å². The van der Waals surface area contributed by atoms with Crippen LogP contribution in [-0.2, 0) is 23.9 Å². The molecule has 0 aromatic rings. The number of carbonyl (C=O) groups is 3. The van der Waals surface area contributed by atoms with Crippen LogP contribution in [0.2, 0.25) is 0 Å². The molecule has 0 saturated carbocycles. The van der Waals surface area contributed by atoms with Gasteiger partial charge in [-0.2, -0.15) is 11.8 Å². The third kappa shape index (κ3) is 13.3. The van der Waals surface area contributed by atoms with E-state index in [1.807, 2.05) is 0 Å². The summed E-state index contributed by atoms with van der Waals surface area (Å²) < 4.78 is 10.8. The largest absolute Gasteiger partial charge is 0.379 e. The van der Waals surface area contributed by atoms with Gasteiger partial charge >= 0.3 is 0 Å². The van der Waals surface area contributed by atoms with Crippen molar-refractivity contribution in [1.29, 1.82) is 0 Å². The average molecular weight is 479 g/mol. The molecular weight excluding hydrogens is 440 g/mol. The molecule has 0 aromatic heterocycles. The zero-order valence-electron chi connectivity index (χ0n) is 18.8. The van der Waals surface area contributed by atoms with Crippen LogP contribution in [0.3, 0.4) is 0 Å². The molecule has 2 saturated heterocycles. The predicted octanol–water partition coefficient (Wildman–Crippen LogP) is 3.14. The average Bonchev–Trinajstić information content (AvgIpc) is 3.07. The highest BCUT2D eigenvalue weighted by Crippen LogP contribution is 2.32. The first-order valence-corrected chi connectivity index (χ1v) is 13.2. The van der Waals surface area contributed by atoms with Crippen LogP contribution < -0.4 is 10.6 Å². The second-order valence-corrected chi connectivity index (χ2v) is 9.24. The lowest BCUT2D eigenvalue weighted by Gasteiger charge is -2.19. The Balaban J connectivity index is 0.000000361. The second-order valence-electron chi connectivity index (χ2n) is 7.71. The van der Waals surface area contributed by atoms with Gasteiger partial charge in [0, 0.05) is 31.2 Å². The van der Waals surface area contributed by atoms with E-state index >= 15 is 0 Å². The number of rotatable bonds is 15. The molecule has 2 fully saturated rings. The van der Waals surface area contributed by atoms with Crippen molar-refractivity contribution < 1.29 is 23.9 Å². The Morgan fingerprint density at radius 2 is 1.74 bits per heavy atom. The minimum atomic E-state index is -0.0628. The van der Waals surface area contributed by atoms with Crippen molar-refractivity contribution in [2.45, 2.75) is 58.3 Å². The molecule has 180 valence electrons. The second kappa shape index (κ2) is 18.7. The van der Waals surface area contributed by atoms with E-state index < -0.39 is 0 Å². The summed E-state index contributed by atoms with van der Waals surface area (Å²) in [4.78, 5) is 33.4. The van der Waals surface area contributed by atoms with Gasteiger partial charge in [-0.25, -0.2) is 0 Å². The number of hydrogen-bond acceptors (Lipinski definition) is 6. The van der Waals surface area contributed by atoms with Crippen molar-refractivity contribution in [3.8, 4) is 0 Å². The molecule has 0 radical (unpaired) electrons. The summed E-state index contributed by atoms with van der Waals surface area (Å²) in [5.74, 6) is 2.55. The third-order valence-electron chi connectivity index (χ3n) is 5.15. The molecule has 9 heteroatoms. The van der Waals surface area contributed by atoms with Crippen molar-refractivity contribution in [3.63, 3.8) is 0 Å². The summed E-state index contributed by atoms with van der Waals surface area (Å²) in [5, 5.41) is 5.20. The van der Waals surface area contributed by atoms with Gasteiger partial charge in [0.2, 0.25) is 17.7 Å². The van der Waals surface area contributed by atoms with Gasteiger partial charge in [-0.3, -0.25) is 19.7 Å². The summed E-state index contributed by atoms with van der Waals surface area (Å²) in [5.41, 5.74) is 0. The molecule has 3 amide bonds. The third-order valence-corrected chi connectivity index (χ3v) is 6.53. The maximum absolute atomic E-state index is 11.3. The van der Waals surface area contributed by atoms with Crippen LogP contribution in [0.15, 0.2) is 0 Å². The monoisotopic (exact) mass is 478 g/mol. The first-order chi connectivity index (χ1) is 15.1. The van der Waals surface area contributed by atoms with E-state index in [9.17, 15) is 14.4 Å². The van der Waals surface area contributed by atoms with Crippen molar-refractivity contribution in [2.75, 3.05) is 50.4 Å². The minimum absolute atomic E-state index is 0.0104. The van der Waals surface area contributed by atoms with Gasteiger partial charge in [0.25, 0.3) is 0 Å². The Morgan fingerprint density at radius 1 is 1.03 bits per heavy atom. The number of fused-ring (bicyclic) bond motifs is 1. The predicted molar refractivity (Wildman–Crippen MR) is 125 cm³/mol. The zero-order chi connectivity index (χ0) is 22.7. The van der Waals surface area contributed by atoms with Crippen molar-refractivity contribution in [2.24, 2.45) is 11.8 Å². The molecular formula is C22H39ClN2O5S. The van der Waals surface area contributed by atoms with Crippen LogP contribution in [0, 0.1) is 11.8 Å². The fourth-order valence-corrected chi connectivity index (χ4v) is 4.69. The lowest BCUT2D eigenvalue weighted by Crippen LogP contribution is -2.27. The number of carbonyl (C=O) groups excluding carboxylic acids is 3. The standard InChI is InChI=1S/C15H30ClNO3.C7H9NO2S/c1-2-3-8-15(18)17-10-12-20-14-13-19-11-7-5-4-6-9-16;9-6-4-1-2-11-3-5(4)7(10)8-6/h2-14H2,1H3,(H,17,18);4-5H,1-3H2,(H,8,9,10). The summed E-state index contributed by atoms with van der Waals surface area (Å²) in [6.45, 7) is 5.22. The quantitative estimate of drug-likeness (QED) is 0.213. The van der Waals surface area contributed by atoms with Gasteiger partial charge in [-0.05, 0) is 31.4 Å². The molecule has 2 unspecified atom stereocenters. The van der Waals surface area contributed by atoms with E-state index in [1.165, 1.54) is 12.8 Å². The Hall–Kier alpha value is -0.830. The van der Waals surface area contributed by atoms with Crippen LogP contribution in [0.5, 0.6) is 0 Å². The molecule has 2 rings (SSSR count). The summed E-state index contributed by atoms with van der Waals surface area (Å²) >= 11 is 7.36. The number of amides is 3. The zero-order valence-corrected chi connectivity index (χ0v) is 20.4. The van der Waals surface area contributed by atoms with Crippen molar-refractivity contribution in [3.05, 3.63) is 0 Å². The number of nitrogens with one attached hydrogen (secondary N) is 2. The molecule has 2 atom stereocenters. The highest BCUT2D eigenvalue weighted by molar-refractivity contribution is 7.99. The fraction of sp³-hybridized carbons (Fsp3) is 0.864. The van der Waals surface area contributed by atoms with Crippen LogP contribution in [0.4, 0.5) is 0 Å². The maximum Gasteiger partial charge on any atom is 0.231 e. The molecule has 2 aliphatic heterocycles. The van der Waals surface area contributed by atoms with E-state index in [-0.39, 0.29) is 29.6 Å². The summed E-state index contributed by atoms with van der Waals surface area (Å²) in [6, 6.07) is 0. The number of imide groups is 1. The summed E-state index contributed by atoms with van der Waals surface area (Å²) in [6.07, 6.45) is 8.02. The molecule has 0 aliphatic carbocycles. The number of halogens is 1. The Labute approximate surface area is 196 Å². The van der Waals surface area contributed by atoms with E-state index in [4.69, 9.17) is 21.1 Å².